The number of amides is 2. The van der Waals surface area contributed by atoms with E-state index in [9.17, 15) is 9.59 Å². The third kappa shape index (κ3) is 3.25. The molecule has 0 aromatic heterocycles. The van der Waals surface area contributed by atoms with Crippen LogP contribution in [0, 0.1) is 5.92 Å². The number of ether oxygens (including phenoxy) is 2. The second-order valence-corrected chi connectivity index (χ2v) is 8.02. The van der Waals surface area contributed by atoms with Crippen LogP contribution < -0.4 is 0 Å². The molecule has 0 bridgehead atoms. The number of benzene rings is 1. The number of rotatable bonds is 2. The van der Waals surface area contributed by atoms with Gasteiger partial charge in [-0.1, -0.05) is 24.3 Å². The summed E-state index contributed by atoms with van der Waals surface area (Å²) >= 11 is 0. The molecule has 6 heteroatoms. The van der Waals surface area contributed by atoms with Gasteiger partial charge >= 0.3 is 0 Å². The fourth-order valence-corrected chi connectivity index (χ4v) is 4.59. The summed E-state index contributed by atoms with van der Waals surface area (Å²) in [5.41, 5.74) is 1.63. The molecule has 1 aromatic carbocycles. The fraction of sp³-hybridized carbons (Fsp3) is 0.619. The Labute approximate surface area is 160 Å². The van der Waals surface area contributed by atoms with Gasteiger partial charge in [0.25, 0.3) is 5.91 Å². The first-order valence-corrected chi connectivity index (χ1v) is 9.87. The number of fused-ring (bicyclic) bond motifs is 2. The van der Waals surface area contributed by atoms with Crippen LogP contribution in [-0.4, -0.2) is 62.0 Å². The molecular weight excluding hydrogens is 344 g/mol. The molecule has 6 nitrogen and oxygen atoms in total. The highest BCUT2D eigenvalue weighted by molar-refractivity contribution is 5.83. The number of hydrogen-bond acceptors (Lipinski definition) is 4. The molecule has 3 aliphatic rings. The zero-order valence-electron chi connectivity index (χ0n) is 16.1. The van der Waals surface area contributed by atoms with Crippen molar-refractivity contribution in [2.24, 2.45) is 5.92 Å². The van der Waals surface area contributed by atoms with Crippen LogP contribution in [0.2, 0.25) is 0 Å². The Kier molecular flexibility index (Phi) is 4.95. The molecule has 2 amide bonds. The van der Waals surface area contributed by atoms with Crippen LogP contribution in [-0.2, 0) is 24.7 Å². The molecule has 1 atom stereocenters. The number of piperidine rings is 1. The Balaban J connectivity index is 1.50. The van der Waals surface area contributed by atoms with Gasteiger partial charge in [-0.3, -0.25) is 9.59 Å². The van der Waals surface area contributed by atoms with Gasteiger partial charge in [-0.2, -0.15) is 0 Å². The normalized spacial score (nSPS) is 24.7. The molecule has 0 unspecified atom stereocenters. The first kappa shape index (κ1) is 18.4. The lowest BCUT2D eigenvalue weighted by Crippen LogP contribution is -2.48. The van der Waals surface area contributed by atoms with Crippen LogP contribution in [0.15, 0.2) is 24.3 Å². The number of nitrogens with zero attached hydrogens (tertiary/aromatic N) is 2. The van der Waals surface area contributed by atoms with Gasteiger partial charge in [0.2, 0.25) is 5.91 Å². The van der Waals surface area contributed by atoms with Gasteiger partial charge < -0.3 is 19.3 Å². The van der Waals surface area contributed by atoms with Gasteiger partial charge in [-0.05, 0) is 36.8 Å². The molecular formula is C21H28N2O4. The summed E-state index contributed by atoms with van der Waals surface area (Å²) < 4.78 is 11.8. The zero-order chi connectivity index (χ0) is 19.0. The van der Waals surface area contributed by atoms with E-state index in [2.05, 4.69) is 6.07 Å². The second-order valence-electron chi connectivity index (χ2n) is 8.02. The lowest BCUT2D eigenvalue weighted by atomic mass is 9.83. The maximum absolute atomic E-state index is 12.8. The summed E-state index contributed by atoms with van der Waals surface area (Å²) in [7, 11) is 3.52. The SMILES string of the molecule is CN(C)C(=O)[C@H]1OC2(CCN(C(=O)C3CCOCC3)CC2)c2ccccc21. The Bertz CT molecular complexity index is 719. The van der Waals surface area contributed by atoms with Crippen molar-refractivity contribution in [3.05, 3.63) is 35.4 Å². The van der Waals surface area contributed by atoms with Gasteiger partial charge in [0.15, 0.2) is 6.10 Å². The minimum Gasteiger partial charge on any atom is -0.381 e. The molecule has 4 rings (SSSR count). The van der Waals surface area contributed by atoms with Crippen LogP contribution in [0.25, 0.3) is 0 Å². The van der Waals surface area contributed by atoms with E-state index < -0.39 is 11.7 Å². The van der Waals surface area contributed by atoms with E-state index >= 15 is 0 Å². The molecule has 2 fully saturated rings. The monoisotopic (exact) mass is 372 g/mol. The van der Waals surface area contributed by atoms with E-state index in [0.29, 0.717) is 26.3 Å². The van der Waals surface area contributed by atoms with Crippen LogP contribution in [0.5, 0.6) is 0 Å². The van der Waals surface area contributed by atoms with Crippen molar-refractivity contribution in [1.29, 1.82) is 0 Å². The summed E-state index contributed by atoms with van der Waals surface area (Å²) in [6.45, 7) is 2.71. The molecule has 2 saturated heterocycles. The van der Waals surface area contributed by atoms with E-state index in [4.69, 9.17) is 9.47 Å². The predicted molar refractivity (Wildman–Crippen MR) is 100.0 cm³/mol. The molecule has 3 heterocycles. The molecule has 0 aliphatic carbocycles. The van der Waals surface area contributed by atoms with E-state index in [1.807, 2.05) is 23.1 Å². The van der Waals surface area contributed by atoms with Gasteiger partial charge in [0.1, 0.15) is 0 Å². The minimum absolute atomic E-state index is 0.0277. The summed E-state index contributed by atoms with van der Waals surface area (Å²) in [5.74, 6) is 0.313. The van der Waals surface area contributed by atoms with Crippen LogP contribution in [0.3, 0.4) is 0 Å². The number of carbonyl (C=O) groups is 2. The number of hydrogen-bond donors (Lipinski definition) is 0. The quantitative estimate of drug-likeness (QED) is 0.798. The van der Waals surface area contributed by atoms with Crippen molar-refractivity contribution in [1.82, 2.24) is 9.80 Å². The lowest BCUT2D eigenvalue weighted by molar-refractivity contribution is -0.162. The standard InChI is InChI=1S/C21H28N2O4/c1-22(2)20(25)18-16-5-3-4-6-17(16)21(27-18)9-11-23(12-10-21)19(24)15-7-13-26-14-8-15/h3-6,15,18H,7-14H2,1-2H3/t18-/m0/s1. The van der Waals surface area contributed by atoms with Gasteiger partial charge in [-0.15, -0.1) is 0 Å². The largest absolute Gasteiger partial charge is 0.381 e. The number of carbonyl (C=O) groups excluding carboxylic acids is 2. The maximum atomic E-state index is 12.8. The topological polar surface area (TPSA) is 59.1 Å². The fourth-order valence-electron chi connectivity index (χ4n) is 4.59. The Hall–Kier alpha value is -1.92. The first-order chi connectivity index (χ1) is 13.0. The van der Waals surface area contributed by atoms with E-state index in [0.717, 1.165) is 36.8 Å². The van der Waals surface area contributed by atoms with Crippen LogP contribution in [0.1, 0.15) is 42.9 Å². The summed E-state index contributed by atoms with van der Waals surface area (Å²) in [6, 6.07) is 8.04. The molecule has 27 heavy (non-hydrogen) atoms. The highest BCUT2D eigenvalue weighted by Crippen LogP contribution is 2.49. The Morgan fingerprint density at radius 3 is 2.44 bits per heavy atom. The molecule has 0 N–H and O–H groups in total. The van der Waals surface area contributed by atoms with E-state index in [-0.39, 0.29) is 17.7 Å². The van der Waals surface area contributed by atoms with Gasteiger partial charge in [0.05, 0.1) is 5.60 Å². The summed E-state index contributed by atoms with van der Waals surface area (Å²) in [4.78, 5) is 29.0. The number of likely N-dealkylation sites (N-methyl/N-ethyl adjacent to an activating group) is 1. The molecule has 0 radical (unpaired) electrons. The van der Waals surface area contributed by atoms with Crippen LogP contribution in [0.4, 0.5) is 0 Å². The van der Waals surface area contributed by atoms with Crippen molar-refractivity contribution in [2.75, 3.05) is 40.4 Å². The third-order valence-corrected chi connectivity index (χ3v) is 6.20. The summed E-state index contributed by atoms with van der Waals surface area (Å²) in [6.07, 6.45) is 2.55. The third-order valence-electron chi connectivity index (χ3n) is 6.20. The average Bonchev–Trinajstić information content (AvgIpc) is 3.02. The average molecular weight is 372 g/mol. The van der Waals surface area contributed by atoms with Gasteiger partial charge in [-0.25, -0.2) is 0 Å². The Morgan fingerprint density at radius 2 is 1.78 bits per heavy atom. The highest BCUT2D eigenvalue weighted by Gasteiger charge is 2.49. The van der Waals surface area contributed by atoms with E-state index in [1.54, 1.807) is 19.0 Å². The van der Waals surface area contributed by atoms with Crippen molar-refractivity contribution < 1.29 is 19.1 Å². The molecule has 146 valence electrons. The van der Waals surface area contributed by atoms with Crippen molar-refractivity contribution in [3.63, 3.8) is 0 Å². The minimum atomic E-state index is -0.547. The van der Waals surface area contributed by atoms with E-state index in [1.165, 1.54) is 0 Å². The first-order valence-electron chi connectivity index (χ1n) is 9.87. The molecule has 0 saturated carbocycles. The van der Waals surface area contributed by atoms with Gasteiger partial charge in [0, 0.05) is 46.3 Å². The zero-order valence-corrected chi connectivity index (χ0v) is 16.1. The highest BCUT2D eigenvalue weighted by atomic mass is 16.5. The number of likely N-dealkylation sites (tertiary alicyclic amines) is 1. The molecule has 1 spiro atoms. The second kappa shape index (κ2) is 7.24. The van der Waals surface area contributed by atoms with Crippen LogP contribution >= 0.6 is 0 Å². The predicted octanol–water partition coefficient (Wildman–Crippen LogP) is 2.09. The smallest absolute Gasteiger partial charge is 0.255 e. The maximum Gasteiger partial charge on any atom is 0.255 e. The van der Waals surface area contributed by atoms with Crippen molar-refractivity contribution >= 4 is 11.8 Å². The summed E-state index contributed by atoms with van der Waals surface area (Å²) in [5, 5.41) is 0. The lowest BCUT2D eigenvalue weighted by Gasteiger charge is -2.41. The van der Waals surface area contributed by atoms with Crippen molar-refractivity contribution in [3.8, 4) is 0 Å². The molecule has 1 aromatic rings. The molecule has 3 aliphatic heterocycles. The van der Waals surface area contributed by atoms with Crippen molar-refractivity contribution in [2.45, 2.75) is 37.4 Å². The Morgan fingerprint density at radius 1 is 1.11 bits per heavy atom.